The van der Waals surface area contributed by atoms with E-state index in [4.69, 9.17) is 16.1 Å². The minimum absolute atomic E-state index is 0.145. The molecule has 1 fully saturated rings. The second kappa shape index (κ2) is 9.52. The van der Waals surface area contributed by atoms with Crippen LogP contribution >= 0.6 is 11.6 Å². The molecule has 0 radical (unpaired) electrons. The summed E-state index contributed by atoms with van der Waals surface area (Å²) >= 11 is 6.49. The Hall–Kier alpha value is -1.86. The molecule has 0 bridgehead atoms. The molecule has 2 heterocycles. The SMILES string of the molecule is CCn1nc(-c2cc(C)on2)c(C(=O)N[C@H]2CC[C@H](NCCC(C)(C)C)CC2)c1Cl. The molecule has 0 aromatic carbocycles. The van der Waals surface area contributed by atoms with Crippen molar-refractivity contribution in [3.05, 3.63) is 22.5 Å². The number of aromatic nitrogens is 3. The predicted octanol–water partition coefficient (Wildman–Crippen LogP) is 4.59. The highest BCUT2D eigenvalue weighted by molar-refractivity contribution is 6.33. The number of rotatable bonds is 7. The fourth-order valence-corrected chi connectivity index (χ4v) is 4.19. The van der Waals surface area contributed by atoms with E-state index in [2.05, 4.69) is 41.7 Å². The molecule has 8 heteroatoms. The minimum Gasteiger partial charge on any atom is -0.361 e. The van der Waals surface area contributed by atoms with Crippen LogP contribution in [0.2, 0.25) is 5.15 Å². The normalized spacial score (nSPS) is 19.8. The van der Waals surface area contributed by atoms with Crippen LogP contribution in [0.1, 0.15) is 75.9 Å². The highest BCUT2D eigenvalue weighted by Gasteiger charge is 2.28. The van der Waals surface area contributed by atoms with E-state index in [1.165, 1.54) is 0 Å². The molecule has 3 rings (SSSR count). The van der Waals surface area contributed by atoms with E-state index in [0.29, 0.717) is 45.9 Å². The number of hydrogen-bond acceptors (Lipinski definition) is 5. The van der Waals surface area contributed by atoms with Crippen LogP contribution in [0.4, 0.5) is 0 Å². The molecule has 0 aliphatic heterocycles. The summed E-state index contributed by atoms with van der Waals surface area (Å²) in [5.74, 6) is 0.468. The van der Waals surface area contributed by atoms with Gasteiger partial charge in [-0.05, 0) is 57.9 Å². The Morgan fingerprint density at radius 1 is 1.27 bits per heavy atom. The van der Waals surface area contributed by atoms with E-state index >= 15 is 0 Å². The number of aryl methyl sites for hydroxylation is 2. The van der Waals surface area contributed by atoms with Gasteiger partial charge in [-0.1, -0.05) is 37.5 Å². The van der Waals surface area contributed by atoms with Gasteiger partial charge in [-0.2, -0.15) is 5.10 Å². The molecular weight excluding hydrogens is 402 g/mol. The third-order valence-electron chi connectivity index (χ3n) is 5.66. The van der Waals surface area contributed by atoms with Crippen LogP contribution in [0.5, 0.6) is 0 Å². The number of nitrogens with one attached hydrogen (secondary N) is 2. The van der Waals surface area contributed by atoms with E-state index in [0.717, 1.165) is 38.6 Å². The zero-order chi connectivity index (χ0) is 21.9. The highest BCUT2D eigenvalue weighted by Crippen LogP contribution is 2.29. The molecule has 0 atom stereocenters. The number of carbonyl (C=O) groups is 1. The summed E-state index contributed by atoms with van der Waals surface area (Å²) in [4.78, 5) is 13.1. The smallest absolute Gasteiger partial charge is 0.256 e. The number of nitrogens with zero attached hydrogens (tertiary/aromatic N) is 3. The van der Waals surface area contributed by atoms with Crippen LogP contribution in [-0.2, 0) is 6.54 Å². The standard InChI is InChI=1S/C22H34ClN5O2/c1-6-28-20(23)18(19(26-28)17-13-14(2)30-27-17)21(29)25-16-9-7-15(8-10-16)24-12-11-22(3,4)5/h13,15-16,24H,6-12H2,1-5H3,(H,25,29)/t15-,16-. The van der Waals surface area contributed by atoms with Crippen molar-refractivity contribution >= 4 is 17.5 Å². The Morgan fingerprint density at radius 2 is 1.93 bits per heavy atom. The topological polar surface area (TPSA) is 85.0 Å². The summed E-state index contributed by atoms with van der Waals surface area (Å²) in [5.41, 5.74) is 1.71. The molecule has 1 saturated carbocycles. The maximum Gasteiger partial charge on any atom is 0.256 e. The number of carbonyl (C=O) groups excluding carboxylic acids is 1. The summed E-state index contributed by atoms with van der Waals surface area (Å²) in [6, 6.07) is 2.44. The number of amides is 1. The van der Waals surface area contributed by atoms with Crippen LogP contribution in [0.15, 0.2) is 10.6 Å². The first kappa shape index (κ1) is 22.8. The Kier molecular flexibility index (Phi) is 7.24. The van der Waals surface area contributed by atoms with Gasteiger partial charge in [0.05, 0.1) is 0 Å². The van der Waals surface area contributed by atoms with Crippen LogP contribution in [0, 0.1) is 12.3 Å². The van der Waals surface area contributed by atoms with E-state index in [-0.39, 0.29) is 11.9 Å². The average molecular weight is 436 g/mol. The van der Waals surface area contributed by atoms with Gasteiger partial charge in [0.25, 0.3) is 5.91 Å². The van der Waals surface area contributed by atoms with Crippen LogP contribution in [-0.4, -0.2) is 39.5 Å². The van der Waals surface area contributed by atoms with Crippen molar-refractivity contribution in [2.45, 2.75) is 85.4 Å². The summed E-state index contributed by atoms with van der Waals surface area (Å²) in [6.07, 6.45) is 5.19. The monoisotopic (exact) mass is 435 g/mol. The molecular formula is C22H34ClN5O2. The Labute approximate surface area is 183 Å². The summed E-state index contributed by atoms with van der Waals surface area (Å²) < 4.78 is 6.79. The lowest BCUT2D eigenvalue weighted by molar-refractivity contribution is 0.0924. The van der Waals surface area contributed by atoms with Gasteiger partial charge in [0, 0.05) is 24.7 Å². The first-order valence-corrected chi connectivity index (χ1v) is 11.3. The fourth-order valence-electron chi connectivity index (χ4n) is 3.86. The van der Waals surface area contributed by atoms with E-state index < -0.39 is 0 Å². The van der Waals surface area contributed by atoms with Crippen molar-refractivity contribution < 1.29 is 9.32 Å². The first-order valence-electron chi connectivity index (χ1n) is 10.9. The zero-order valence-corrected chi connectivity index (χ0v) is 19.5. The van der Waals surface area contributed by atoms with Gasteiger partial charge in [-0.25, -0.2) is 0 Å². The van der Waals surface area contributed by atoms with Gasteiger partial charge >= 0.3 is 0 Å². The Bertz CT molecular complexity index is 859. The van der Waals surface area contributed by atoms with Crippen LogP contribution < -0.4 is 10.6 Å². The van der Waals surface area contributed by atoms with Gasteiger partial charge in [0.1, 0.15) is 27.9 Å². The second-order valence-electron chi connectivity index (χ2n) is 9.44. The minimum atomic E-state index is -0.195. The molecule has 2 aromatic rings. The molecule has 2 aromatic heterocycles. The molecule has 1 amide bonds. The fraction of sp³-hybridized carbons (Fsp3) is 0.682. The van der Waals surface area contributed by atoms with E-state index in [1.807, 2.05) is 13.8 Å². The van der Waals surface area contributed by atoms with Gasteiger partial charge in [-0.15, -0.1) is 0 Å². The molecule has 7 nitrogen and oxygen atoms in total. The zero-order valence-electron chi connectivity index (χ0n) is 18.7. The van der Waals surface area contributed by atoms with Crippen molar-refractivity contribution in [1.29, 1.82) is 0 Å². The molecule has 0 unspecified atom stereocenters. The van der Waals surface area contributed by atoms with Gasteiger partial charge < -0.3 is 15.2 Å². The molecule has 0 saturated heterocycles. The lowest BCUT2D eigenvalue weighted by Crippen LogP contribution is -2.42. The van der Waals surface area contributed by atoms with Crippen molar-refractivity contribution in [3.63, 3.8) is 0 Å². The molecule has 1 aliphatic rings. The van der Waals surface area contributed by atoms with Gasteiger partial charge in [0.2, 0.25) is 0 Å². The average Bonchev–Trinajstić information content (AvgIpc) is 3.25. The maximum atomic E-state index is 13.1. The van der Waals surface area contributed by atoms with Gasteiger partial charge in [0.15, 0.2) is 0 Å². The third-order valence-corrected chi connectivity index (χ3v) is 6.04. The largest absolute Gasteiger partial charge is 0.361 e. The second-order valence-corrected chi connectivity index (χ2v) is 9.80. The number of halogens is 1. The molecule has 0 spiro atoms. The molecule has 1 aliphatic carbocycles. The summed E-state index contributed by atoms with van der Waals surface area (Å²) in [7, 11) is 0. The predicted molar refractivity (Wildman–Crippen MR) is 119 cm³/mol. The van der Waals surface area contributed by atoms with E-state index in [9.17, 15) is 4.79 Å². The third kappa shape index (κ3) is 5.64. The lowest BCUT2D eigenvalue weighted by atomic mass is 9.89. The Balaban J connectivity index is 1.61. The van der Waals surface area contributed by atoms with E-state index in [1.54, 1.807) is 10.7 Å². The van der Waals surface area contributed by atoms with Crippen molar-refractivity contribution in [3.8, 4) is 11.4 Å². The van der Waals surface area contributed by atoms with Crippen LogP contribution in [0.3, 0.4) is 0 Å². The maximum absolute atomic E-state index is 13.1. The Morgan fingerprint density at radius 3 is 2.50 bits per heavy atom. The molecule has 166 valence electrons. The lowest BCUT2D eigenvalue weighted by Gasteiger charge is -2.30. The summed E-state index contributed by atoms with van der Waals surface area (Å²) in [6.45, 7) is 12.2. The molecule has 30 heavy (non-hydrogen) atoms. The van der Waals surface area contributed by atoms with Crippen LogP contribution in [0.25, 0.3) is 11.4 Å². The van der Waals surface area contributed by atoms with Crippen molar-refractivity contribution in [2.24, 2.45) is 5.41 Å². The highest BCUT2D eigenvalue weighted by atomic mass is 35.5. The van der Waals surface area contributed by atoms with Gasteiger partial charge in [-0.3, -0.25) is 9.48 Å². The van der Waals surface area contributed by atoms with Crippen molar-refractivity contribution in [2.75, 3.05) is 6.54 Å². The quantitative estimate of drug-likeness (QED) is 0.664. The van der Waals surface area contributed by atoms with Crippen molar-refractivity contribution in [1.82, 2.24) is 25.6 Å². The number of hydrogen-bond donors (Lipinski definition) is 2. The molecule has 2 N–H and O–H groups in total. The summed E-state index contributed by atoms with van der Waals surface area (Å²) in [5, 5.41) is 15.7. The first-order chi connectivity index (χ1) is 14.2.